The second kappa shape index (κ2) is 7.87. The summed E-state index contributed by atoms with van der Waals surface area (Å²) in [5, 5.41) is 21.3. The van der Waals surface area contributed by atoms with Crippen molar-refractivity contribution < 1.29 is 34.1 Å². The normalized spacial score (nSPS) is 11.4. The van der Waals surface area contributed by atoms with Crippen molar-refractivity contribution in [3.8, 4) is 11.5 Å². The lowest BCUT2D eigenvalue weighted by molar-refractivity contribution is -0.144. The predicted octanol–water partition coefficient (Wildman–Crippen LogP) is 0.322. The number of hydrogen-bond acceptors (Lipinski definition) is 7. The van der Waals surface area contributed by atoms with Crippen LogP contribution in [-0.4, -0.2) is 48.3 Å². The number of nitrogens with one attached hydrogen (secondary N) is 1. The Kier molecular flexibility index (Phi) is 6.18. The number of phenolic OH excluding ortho intramolecular Hbond substituents is 2. The van der Waals surface area contributed by atoms with Crippen LogP contribution in [-0.2, 0) is 19.1 Å². The molecule has 1 aromatic rings. The predicted molar refractivity (Wildman–Crippen MR) is 74.3 cm³/mol. The summed E-state index contributed by atoms with van der Waals surface area (Å²) < 4.78 is 9.01. The summed E-state index contributed by atoms with van der Waals surface area (Å²) in [6.07, 6.45) is -0.118. The van der Waals surface area contributed by atoms with Crippen molar-refractivity contribution in [2.75, 3.05) is 14.2 Å². The summed E-state index contributed by atoms with van der Waals surface area (Å²) >= 11 is 0. The van der Waals surface area contributed by atoms with E-state index >= 15 is 0 Å². The van der Waals surface area contributed by atoms with Gasteiger partial charge in [0, 0.05) is 6.42 Å². The molecule has 0 fully saturated rings. The third kappa shape index (κ3) is 4.37. The van der Waals surface area contributed by atoms with Gasteiger partial charge in [0.1, 0.15) is 6.04 Å². The van der Waals surface area contributed by atoms with Crippen molar-refractivity contribution in [3.05, 3.63) is 23.8 Å². The van der Waals surface area contributed by atoms with E-state index in [4.69, 9.17) is 0 Å². The molecule has 8 nitrogen and oxygen atoms in total. The molecule has 0 saturated carbocycles. The van der Waals surface area contributed by atoms with E-state index < -0.39 is 35.4 Å². The molecule has 1 atom stereocenters. The first-order valence-corrected chi connectivity index (χ1v) is 6.37. The van der Waals surface area contributed by atoms with Crippen LogP contribution in [0.2, 0.25) is 0 Å². The Morgan fingerprint density at radius 2 is 1.86 bits per heavy atom. The zero-order chi connectivity index (χ0) is 16.7. The molecule has 3 N–H and O–H groups in total. The van der Waals surface area contributed by atoms with Crippen LogP contribution < -0.4 is 5.32 Å². The van der Waals surface area contributed by atoms with Gasteiger partial charge in [-0.2, -0.15) is 0 Å². The number of esters is 2. The van der Waals surface area contributed by atoms with Gasteiger partial charge in [-0.05, 0) is 18.6 Å². The first-order valence-electron chi connectivity index (χ1n) is 6.37. The van der Waals surface area contributed by atoms with E-state index in [-0.39, 0.29) is 18.4 Å². The lowest BCUT2D eigenvalue weighted by atomic mass is 10.1. The largest absolute Gasteiger partial charge is 0.504 e. The zero-order valence-corrected chi connectivity index (χ0v) is 12.2. The molecule has 0 spiro atoms. The quantitative estimate of drug-likeness (QED) is 0.511. The van der Waals surface area contributed by atoms with Gasteiger partial charge in [-0.15, -0.1) is 0 Å². The second-order valence-electron chi connectivity index (χ2n) is 4.34. The van der Waals surface area contributed by atoms with E-state index in [2.05, 4.69) is 14.8 Å². The summed E-state index contributed by atoms with van der Waals surface area (Å²) in [6.45, 7) is 0. The highest BCUT2D eigenvalue weighted by Gasteiger charge is 2.24. The molecule has 0 bridgehead atoms. The maximum absolute atomic E-state index is 12.1. The van der Waals surface area contributed by atoms with E-state index in [9.17, 15) is 24.6 Å². The van der Waals surface area contributed by atoms with Gasteiger partial charge in [0.15, 0.2) is 11.5 Å². The smallest absolute Gasteiger partial charge is 0.328 e. The van der Waals surface area contributed by atoms with Gasteiger partial charge in [-0.1, -0.05) is 6.07 Å². The Balaban J connectivity index is 2.84. The molecule has 0 radical (unpaired) electrons. The second-order valence-corrected chi connectivity index (χ2v) is 4.34. The molecule has 0 aliphatic carbocycles. The number of phenols is 2. The van der Waals surface area contributed by atoms with Crippen LogP contribution in [0.25, 0.3) is 0 Å². The summed E-state index contributed by atoms with van der Waals surface area (Å²) in [5.74, 6) is -3.12. The standard InChI is InChI=1S/C14H17NO7/c1-21-11(17)7-6-9(14(20)22-2)15-13(19)8-4-3-5-10(16)12(8)18/h3-5,9,16,18H,6-7H2,1-2H3,(H,15,19)/t9-/m0/s1. The topological polar surface area (TPSA) is 122 Å². The Bertz CT molecular complexity index is 570. The highest BCUT2D eigenvalue weighted by atomic mass is 16.5. The average Bonchev–Trinajstić information content (AvgIpc) is 2.52. The first kappa shape index (κ1) is 17.3. The molecule has 120 valence electrons. The minimum Gasteiger partial charge on any atom is -0.504 e. The molecular weight excluding hydrogens is 294 g/mol. The molecule has 0 aromatic heterocycles. The molecular formula is C14H17NO7. The van der Waals surface area contributed by atoms with Crippen LogP contribution in [0.5, 0.6) is 11.5 Å². The van der Waals surface area contributed by atoms with Crippen molar-refractivity contribution in [2.24, 2.45) is 0 Å². The summed E-state index contributed by atoms with van der Waals surface area (Å²) in [7, 11) is 2.35. The van der Waals surface area contributed by atoms with Crippen molar-refractivity contribution in [3.63, 3.8) is 0 Å². The fraction of sp³-hybridized carbons (Fsp3) is 0.357. The Labute approximate surface area is 126 Å². The number of benzene rings is 1. The average molecular weight is 311 g/mol. The van der Waals surface area contributed by atoms with Gasteiger partial charge in [0.05, 0.1) is 19.8 Å². The van der Waals surface area contributed by atoms with Crippen molar-refractivity contribution in [2.45, 2.75) is 18.9 Å². The van der Waals surface area contributed by atoms with Crippen LogP contribution in [0.15, 0.2) is 18.2 Å². The molecule has 0 saturated heterocycles. The van der Waals surface area contributed by atoms with E-state index in [0.717, 1.165) is 7.11 Å². The van der Waals surface area contributed by atoms with Crippen LogP contribution in [0.1, 0.15) is 23.2 Å². The molecule has 22 heavy (non-hydrogen) atoms. The number of carbonyl (C=O) groups is 3. The molecule has 0 heterocycles. The third-order valence-electron chi connectivity index (χ3n) is 2.92. The number of hydrogen-bond donors (Lipinski definition) is 3. The van der Waals surface area contributed by atoms with E-state index in [1.54, 1.807) is 0 Å². The monoisotopic (exact) mass is 311 g/mol. The SMILES string of the molecule is COC(=O)CC[C@H](NC(=O)c1cccc(O)c1O)C(=O)OC. The fourth-order valence-corrected chi connectivity index (χ4v) is 1.71. The number of rotatable bonds is 6. The van der Waals surface area contributed by atoms with Crippen molar-refractivity contribution in [1.82, 2.24) is 5.32 Å². The molecule has 0 unspecified atom stereocenters. The summed E-state index contributed by atoms with van der Waals surface area (Å²) in [4.78, 5) is 34.8. The Morgan fingerprint density at radius 3 is 2.45 bits per heavy atom. The van der Waals surface area contributed by atoms with Crippen LogP contribution in [0, 0.1) is 0 Å². The molecule has 1 aromatic carbocycles. The number of carbonyl (C=O) groups excluding carboxylic acids is 3. The van der Waals surface area contributed by atoms with Crippen molar-refractivity contribution >= 4 is 17.8 Å². The minimum atomic E-state index is -1.08. The lowest BCUT2D eigenvalue weighted by Gasteiger charge is -2.16. The number of para-hydroxylation sites is 1. The lowest BCUT2D eigenvalue weighted by Crippen LogP contribution is -2.41. The first-order chi connectivity index (χ1) is 10.4. The number of aromatic hydroxyl groups is 2. The molecule has 8 heteroatoms. The fourth-order valence-electron chi connectivity index (χ4n) is 1.71. The van der Waals surface area contributed by atoms with Gasteiger partial charge in [-0.3, -0.25) is 9.59 Å². The van der Waals surface area contributed by atoms with Gasteiger partial charge >= 0.3 is 11.9 Å². The number of ether oxygens (including phenoxy) is 2. The number of methoxy groups -OCH3 is 2. The van der Waals surface area contributed by atoms with Gasteiger partial charge in [0.25, 0.3) is 5.91 Å². The third-order valence-corrected chi connectivity index (χ3v) is 2.92. The van der Waals surface area contributed by atoms with E-state index in [1.165, 1.54) is 25.3 Å². The van der Waals surface area contributed by atoms with Crippen LogP contribution in [0.3, 0.4) is 0 Å². The number of amides is 1. The van der Waals surface area contributed by atoms with E-state index in [0.29, 0.717) is 0 Å². The maximum atomic E-state index is 12.1. The molecule has 1 rings (SSSR count). The van der Waals surface area contributed by atoms with Gasteiger partial charge in [-0.25, -0.2) is 4.79 Å². The molecule has 0 aliphatic heterocycles. The summed E-state index contributed by atoms with van der Waals surface area (Å²) in [6, 6.07) is 2.77. The molecule has 1 amide bonds. The van der Waals surface area contributed by atoms with Crippen LogP contribution >= 0.6 is 0 Å². The molecule has 0 aliphatic rings. The zero-order valence-electron chi connectivity index (χ0n) is 12.2. The van der Waals surface area contributed by atoms with Crippen LogP contribution in [0.4, 0.5) is 0 Å². The Morgan fingerprint density at radius 1 is 1.18 bits per heavy atom. The highest BCUT2D eigenvalue weighted by Crippen LogP contribution is 2.28. The Hall–Kier alpha value is -2.77. The van der Waals surface area contributed by atoms with Gasteiger partial charge < -0.3 is 25.0 Å². The minimum absolute atomic E-state index is 0.0232. The maximum Gasteiger partial charge on any atom is 0.328 e. The summed E-state index contributed by atoms with van der Waals surface area (Å²) in [5.41, 5.74) is -0.202. The highest BCUT2D eigenvalue weighted by molar-refractivity contribution is 5.99. The van der Waals surface area contributed by atoms with E-state index in [1.807, 2.05) is 0 Å². The van der Waals surface area contributed by atoms with Crippen molar-refractivity contribution in [1.29, 1.82) is 0 Å². The van der Waals surface area contributed by atoms with Gasteiger partial charge in [0.2, 0.25) is 0 Å².